The summed E-state index contributed by atoms with van der Waals surface area (Å²) in [5.74, 6) is -1.05. The largest absolute Gasteiger partial charge is 0.462 e. The summed E-state index contributed by atoms with van der Waals surface area (Å²) in [7, 11) is 0. The Morgan fingerprint density at radius 1 is 0.299 bits per heavy atom. The molecule has 0 N–H and O–H groups in total. The highest BCUT2D eigenvalue weighted by atomic mass is 16.6. The van der Waals surface area contributed by atoms with Gasteiger partial charge in [0.05, 0.1) is 0 Å². The fourth-order valence-electron chi connectivity index (χ4n) is 6.75. The zero-order valence-corrected chi connectivity index (χ0v) is 42.9. The van der Waals surface area contributed by atoms with Gasteiger partial charge in [0.2, 0.25) is 0 Å². The van der Waals surface area contributed by atoms with Crippen molar-refractivity contribution in [2.24, 2.45) is 0 Å². The Kier molecular flexibility index (Phi) is 50.6. The lowest BCUT2D eigenvalue weighted by Crippen LogP contribution is -2.30. The number of carbonyl (C=O) groups is 3. The van der Waals surface area contributed by atoms with E-state index < -0.39 is 12.1 Å². The van der Waals surface area contributed by atoms with Gasteiger partial charge in [-0.2, -0.15) is 0 Å². The molecule has 0 heterocycles. The molecular weight excluding hydrogens is 829 g/mol. The van der Waals surface area contributed by atoms with Crippen LogP contribution in [0, 0.1) is 0 Å². The lowest BCUT2D eigenvalue weighted by Gasteiger charge is -2.18. The molecule has 0 bridgehead atoms. The quantitative estimate of drug-likeness (QED) is 0.0262. The van der Waals surface area contributed by atoms with Crippen molar-refractivity contribution in [3.63, 3.8) is 0 Å². The molecule has 1 atom stereocenters. The number of unbranched alkanes of at least 4 members (excludes halogenated alkanes) is 13. The number of allylic oxidation sites excluding steroid dienone is 22. The van der Waals surface area contributed by atoms with Gasteiger partial charge in [0.15, 0.2) is 6.10 Å². The molecule has 0 saturated heterocycles. The van der Waals surface area contributed by atoms with E-state index in [0.29, 0.717) is 19.3 Å². The summed E-state index contributed by atoms with van der Waals surface area (Å²) in [6, 6.07) is 0. The number of hydrogen-bond acceptors (Lipinski definition) is 6. The molecule has 0 aromatic heterocycles. The highest BCUT2D eigenvalue weighted by Crippen LogP contribution is 2.14. The Morgan fingerprint density at radius 2 is 0.567 bits per heavy atom. The topological polar surface area (TPSA) is 78.9 Å². The fraction of sp³-hybridized carbons (Fsp3) is 0.590. The van der Waals surface area contributed by atoms with Crippen LogP contribution in [0.1, 0.15) is 213 Å². The molecule has 0 aromatic rings. The van der Waals surface area contributed by atoms with Crippen LogP contribution in [0.5, 0.6) is 0 Å². The summed E-state index contributed by atoms with van der Waals surface area (Å²) in [6.45, 7) is 6.18. The molecule has 0 saturated carbocycles. The van der Waals surface area contributed by atoms with Crippen molar-refractivity contribution in [1.82, 2.24) is 0 Å². The van der Waals surface area contributed by atoms with Crippen LogP contribution in [-0.2, 0) is 28.6 Å². The summed E-state index contributed by atoms with van der Waals surface area (Å²) >= 11 is 0. The molecule has 6 heteroatoms. The molecular formula is C61H96O6. The van der Waals surface area contributed by atoms with Crippen LogP contribution in [-0.4, -0.2) is 37.2 Å². The minimum Gasteiger partial charge on any atom is -0.462 e. The van der Waals surface area contributed by atoms with Crippen LogP contribution in [0.15, 0.2) is 134 Å². The number of hydrogen-bond donors (Lipinski definition) is 0. The average Bonchev–Trinajstić information content (AvgIpc) is 3.33. The number of rotatable bonds is 46. The van der Waals surface area contributed by atoms with Crippen molar-refractivity contribution >= 4 is 17.9 Å². The molecule has 1 unspecified atom stereocenters. The minimum absolute atomic E-state index is 0.123. The van der Waals surface area contributed by atoms with Gasteiger partial charge in [0.25, 0.3) is 0 Å². The first-order valence-electron chi connectivity index (χ1n) is 26.7. The van der Waals surface area contributed by atoms with Gasteiger partial charge in [-0.3, -0.25) is 14.4 Å². The predicted octanol–water partition coefficient (Wildman–Crippen LogP) is 17.9. The molecule has 0 rings (SSSR count). The van der Waals surface area contributed by atoms with Crippen molar-refractivity contribution in [1.29, 1.82) is 0 Å². The van der Waals surface area contributed by atoms with Crippen LogP contribution in [0.25, 0.3) is 0 Å². The zero-order chi connectivity index (χ0) is 48.6. The van der Waals surface area contributed by atoms with Crippen molar-refractivity contribution in [3.05, 3.63) is 134 Å². The Bertz CT molecular complexity index is 1480. The SMILES string of the molecule is CC/C=C\C/C=C\C/C=C\C/C=C\CCCCCCCCCCCCC(=O)OCC(COC(=O)CCCCC/C=C\C/C=C\C/C=C\CC)OC(=O)CC/C=C\C/C=C\C/C=C\C/C=C\CC. The summed E-state index contributed by atoms with van der Waals surface area (Å²) in [4.78, 5) is 38.0. The normalized spacial score (nSPS) is 13.2. The highest BCUT2D eigenvalue weighted by Gasteiger charge is 2.19. The molecule has 0 aliphatic rings. The maximum absolute atomic E-state index is 12.8. The van der Waals surface area contributed by atoms with E-state index in [-0.39, 0.29) is 31.6 Å². The van der Waals surface area contributed by atoms with E-state index in [2.05, 4.69) is 142 Å². The Labute approximate surface area is 411 Å². The van der Waals surface area contributed by atoms with Gasteiger partial charge in [-0.15, -0.1) is 0 Å². The monoisotopic (exact) mass is 925 g/mol. The second-order valence-electron chi connectivity index (χ2n) is 17.0. The van der Waals surface area contributed by atoms with Crippen molar-refractivity contribution in [2.45, 2.75) is 219 Å². The van der Waals surface area contributed by atoms with E-state index in [1.165, 1.54) is 51.4 Å². The highest BCUT2D eigenvalue weighted by molar-refractivity contribution is 5.71. The van der Waals surface area contributed by atoms with E-state index in [1.807, 2.05) is 12.2 Å². The van der Waals surface area contributed by atoms with Crippen LogP contribution >= 0.6 is 0 Å². The van der Waals surface area contributed by atoms with Crippen LogP contribution in [0.3, 0.4) is 0 Å². The van der Waals surface area contributed by atoms with Gasteiger partial charge >= 0.3 is 17.9 Å². The van der Waals surface area contributed by atoms with Crippen molar-refractivity contribution in [2.75, 3.05) is 13.2 Å². The molecule has 376 valence electrons. The smallest absolute Gasteiger partial charge is 0.306 e. The van der Waals surface area contributed by atoms with E-state index in [0.717, 1.165) is 116 Å². The van der Waals surface area contributed by atoms with Gasteiger partial charge in [-0.25, -0.2) is 0 Å². The number of ether oxygens (including phenoxy) is 3. The molecule has 0 fully saturated rings. The first-order valence-corrected chi connectivity index (χ1v) is 26.7. The number of carbonyl (C=O) groups excluding carboxylic acids is 3. The maximum atomic E-state index is 12.8. The van der Waals surface area contributed by atoms with Gasteiger partial charge < -0.3 is 14.2 Å². The number of esters is 3. The molecule has 0 aliphatic carbocycles. The Morgan fingerprint density at radius 3 is 0.910 bits per heavy atom. The lowest BCUT2D eigenvalue weighted by atomic mass is 10.1. The molecule has 6 nitrogen and oxygen atoms in total. The zero-order valence-electron chi connectivity index (χ0n) is 42.9. The molecule has 0 aliphatic heterocycles. The van der Waals surface area contributed by atoms with Crippen LogP contribution < -0.4 is 0 Å². The third-order valence-electron chi connectivity index (χ3n) is 10.6. The van der Waals surface area contributed by atoms with Crippen LogP contribution in [0.4, 0.5) is 0 Å². The second kappa shape index (κ2) is 54.2. The maximum Gasteiger partial charge on any atom is 0.306 e. The van der Waals surface area contributed by atoms with E-state index >= 15 is 0 Å². The molecule has 0 aromatic carbocycles. The van der Waals surface area contributed by atoms with Gasteiger partial charge in [-0.1, -0.05) is 212 Å². The third kappa shape index (κ3) is 52.4. The van der Waals surface area contributed by atoms with E-state index in [9.17, 15) is 14.4 Å². The molecule has 67 heavy (non-hydrogen) atoms. The van der Waals surface area contributed by atoms with Gasteiger partial charge in [0.1, 0.15) is 13.2 Å². The first kappa shape index (κ1) is 62.5. The van der Waals surface area contributed by atoms with Gasteiger partial charge in [0, 0.05) is 19.3 Å². The summed E-state index contributed by atoms with van der Waals surface area (Å²) < 4.78 is 16.7. The minimum atomic E-state index is -0.834. The Balaban J connectivity index is 4.42. The van der Waals surface area contributed by atoms with Gasteiger partial charge in [-0.05, 0) is 116 Å². The summed E-state index contributed by atoms with van der Waals surface area (Å²) in [5, 5.41) is 0. The van der Waals surface area contributed by atoms with Crippen molar-refractivity contribution < 1.29 is 28.6 Å². The molecule has 0 amide bonds. The molecule has 0 spiro atoms. The lowest BCUT2D eigenvalue weighted by molar-refractivity contribution is -0.166. The fourth-order valence-corrected chi connectivity index (χ4v) is 6.75. The molecule has 0 radical (unpaired) electrons. The predicted molar refractivity (Wildman–Crippen MR) is 288 cm³/mol. The first-order chi connectivity index (χ1) is 33.0. The third-order valence-corrected chi connectivity index (χ3v) is 10.6. The summed E-state index contributed by atoms with van der Waals surface area (Å²) in [5.41, 5.74) is 0. The summed E-state index contributed by atoms with van der Waals surface area (Å²) in [6.07, 6.45) is 76.0. The average molecular weight is 925 g/mol. The second-order valence-corrected chi connectivity index (χ2v) is 17.0. The van der Waals surface area contributed by atoms with E-state index in [4.69, 9.17) is 14.2 Å². The van der Waals surface area contributed by atoms with E-state index in [1.54, 1.807) is 0 Å². The Hall–Kier alpha value is -4.45. The standard InChI is InChI=1S/C61H96O6/c1-4-7-10-13-16-19-22-25-26-27-28-29-30-31-32-33-34-37-39-42-45-48-51-54-60(63)66-57-58(67-61(64)55-52-49-46-43-40-36-24-21-18-15-12-9-6-3)56-65-59(62)53-50-47-44-41-38-35-23-20-17-14-11-8-5-2/h7-12,16-21,25-26,28-29,35-36,38,40,46,49,58H,4-6,13-15,22-24,27,30-34,37,39,41-45,47-48,50-57H2,1-3H3/b10-7-,11-8-,12-9-,19-16-,20-17-,21-18-,26-25-,29-28-,38-35-,40-36-,49-46-. The van der Waals surface area contributed by atoms with Crippen molar-refractivity contribution in [3.8, 4) is 0 Å². The van der Waals surface area contributed by atoms with Crippen LogP contribution in [0.2, 0.25) is 0 Å².